The summed E-state index contributed by atoms with van der Waals surface area (Å²) in [5.74, 6) is 1.61. The standard InChI is InChI=1S/C11H21NO/c1-3-5-7-10(4-2)11-12-8-6-9-13-11/h10H,3-9H2,1-2H3. The predicted molar refractivity (Wildman–Crippen MR) is 56.2 cm³/mol. The molecule has 1 rings (SSSR count). The number of ether oxygens (including phenoxy) is 1. The van der Waals surface area contributed by atoms with Gasteiger partial charge in [0.2, 0.25) is 0 Å². The van der Waals surface area contributed by atoms with Gasteiger partial charge in [-0.1, -0.05) is 26.7 Å². The SMILES string of the molecule is CCCCC(CC)C1=NCCCO1. The largest absolute Gasteiger partial charge is 0.481 e. The summed E-state index contributed by atoms with van der Waals surface area (Å²) in [5, 5.41) is 0. The zero-order valence-electron chi connectivity index (χ0n) is 8.88. The van der Waals surface area contributed by atoms with Gasteiger partial charge >= 0.3 is 0 Å². The van der Waals surface area contributed by atoms with Crippen LogP contribution < -0.4 is 0 Å². The number of unbranched alkanes of at least 4 members (excludes halogenated alkanes) is 1. The molecule has 1 unspecified atom stereocenters. The molecular formula is C11H21NO. The van der Waals surface area contributed by atoms with Crippen LogP contribution in [0.25, 0.3) is 0 Å². The third kappa shape index (κ3) is 3.37. The van der Waals surface area contributed by atoms with E-state index in [0.29, 0.717) is 5.92 Å². The number of hydrogen-bond donors (Lipinski definition) is 0. The number of hydrogen-bond acceptors (Lipinski definition) is 2. The minimum atomic E-state index is 0.584. The van der Waals surface area contributed by atoms with E-state index in [9.17, 15) is 0 Å². The van der Waals surface area contributed by atoms with Gasteiger partial charge in [0.15, 0.2) is 5.90 Å². The highest BCUT2D eigenvalue weighted by molar-refractivity contribution is 5.79. The average Bonchev–Trinajstić information content (AvgIpc) is 2.21. The van der Waals surface area contributed by atoms with E-state index in [-0.39, 0.29) is 0 Å². The van der Waals surface area contributed by atoms with E-state index in [4.69, 9.17) is 4.74 Å². The second kappa shape index (κ2) is 6.01. The number of nitrogens with zero attached hydrogens (tertiary/aromatic N) is 1. The van der Waals surface area contributed by atoms with E-state index in [1.54, 1.807) is 0 Å². The number of rotatable bonds is 5. The van der Waals surface area contributed by atoms with E-state index in [2.05, 4.69) is 18.8 Å². The summed E-state index contributed by atoms with van der Waals surface area (Å²) in [4.78, 5) is 4.45. The maximum Gasteiger partial charge on any atom is 0.186 e. The first-order valence-electron chi connectivity index (χ1n) is 5.55. The van der Waals surface area contributed by atoms with Gasteiger partial charge in [0.1, 0.15) is 0 Å². The van der Waals surface area contributed by atoms with Gasteiger partial charge in [-0.3, -0.25) is 4.99 Å². The molecule has 1 aliphatic rings. The Kier molecular flexibility index (Phi) is 4.87. The van der Waals surface area contributed by atoms with Crippen LogP contribution in [0.2, 0.25) is 0 Å². The van der Waals surface area contributed by atoms with E-state index in [0.717, 1.165) is 25.5 Å². The lowest BCUT2D eigenvalue weighted by Gasteiger charge is -2.21. The predicted octanol–water partition coefficient (Wildman–Crippen LogP) is 3.02. The molecule has 13 heavy (non-hydrogen) atoms. The summed E-state index contributed by atoms with van der Waals surface area (Å²) in [5.41, 5.74) is 0. The monoisotopic (exact) mass is 183 g/mol. The Morgan fingerprint density at radius 3 is 2.85 bits per heavy atom. The Hall–Kier alpha value is -0.530. The van der Waals surface area contributed by atoms with E-state index in [1.165, 1.54) is 25.7 Å². The van der Waals surface area contributed by atoms with Gasteiger partial charge in [-0.15, -0.1) is 0 Å². The van der Waals surface area contributed by atoms with E-state index >= 15 is 0 Å². The highest BCUT2D eigenvalue weighted by Gasteiger charge is 2.16. The van der Waals surface area contributed by atoms with Crippen LogP contribution in [0.3, 0.4) is 0 Å². The Bertz CT molecular complexity index is 165. The lowest BCUT2D eigenvalue weighted by atomic mass is 9.99. The van der Waals surface area contributed by atoms with Gasteiger partial charge in [0, 0.05) is 18.9 Å². The summed E-state index contributed by atoms with van der Waals surface area (Å²) in [6.45, 7) is 6.30. The first-order valence-corrected chi connectivity index (χ1v) is 5.55. The van der Waals surface area contributed by atoms with E-state index in [1.807, 2.05) is 0 Å². The first kappa shape index (κ1) is 10.6. The molecule has 0 aromatic rings. The van der Waals surface area contributed by atoms with Crippen LogP contribution in [-0.2, 0) is 4.74 Å². The van der Waals surface area contributed by atoms with Crippen LogP contribution >= 0.6 is 0 Å². The fourth-order valence-electron chi connectivity index (χ4n) is 1.68. The molecule has 0 saturated carbocycles. The molecule has 0 aromatic heterocycles. The Balaban J connectivity index is 2.39. The molecule has 0 saturated heterocycles. The Morgan fingerprint density at radius 2 is 2.31 bits per heavy atom. The van der Waals surface area contributed by atoms with Gasteiger partial charge in [-0.05, 0) is 12.8 Å². The molecule has 76 valence electrons. The summed E-state index contributed by atoms with van der Waals surface area (Å²) < 4.78 is 5.58. The van der Waals surface area contributed by atoms with Crippen molar-refractivity contribution in [3.8, 4) is 0 Å². The van der Waals surface area contributed by atoms with Crippen LogP contribution in [0.5, 0.6) is 0 Å². The molecule has 1 atom stereocenters. The highest BCUT2D eigenvalue weighted by Crippen LogP contribution is 2.17. The summed E-state index contributed by atoms with van der Waals surface area (Å²) in [7, 11) is 0. The van der Waals surface area contributed by atoms with Gasteiger partial charge in [-0.25, -0.2) is 0 Å². The molecule has 0 aliphatic carbocycles. The summed E-state index contributed by atoms with van der Waals surface area (Å²) in [6.07, 6.45) is 6.06. The maximum absolute atomic E-state index is 5.58. The molecular weight excluding hydrogens is 162 g/mol. The van der Waals surface area contributed by atoms with Crippen molar-refractivity contribution in [1.29, 1.82) is 0 Å². The molecule has 0 radical (unpaired) electrons. The molecule has 2 nitrogen and oxygen atoms in total. The molecule has 0 spiro atoms. The van der Waals surface area contributed by atoms with Crippen LogP contribution in [0, 0.1) is 5.92 Å². The molecule has 1 aliphatic heterocycles. The third-order valence-corrected chi connectivity index (χ3v) is 2.57. The molecule has 0 bridgehead atoms. The van der Waals surface area contributed by atoms with Crippen LogP contribution in [0.4, 0.5) is 0 Å². The molecule has 0 fully saturated rings. The smallest absolute Gasteiger partial charge is 0.186 e. The van der Waals surface area contributed by atoms with Crippen molar-refractivity contribution in [1.82, 2.24) is 0 Å². The normalized spacial score (nSPS) is 19.1. The molecule has 1 heterocycles. The van der Waals surface area contributed by atoms with Crippen molar-refractivity contribution in [3.05, 3.63) is 0 Å². The van der Waals surface area contributed by atoms with Gasteiger partial charge in [0.05, 0.1) is 6.61 Å². The average molecular weight is 183 g/mol. The van der Waals surface area contributed by atoms with Crippen LogP contribution in [-0.4, -0.2) is 19.0 Å². The topological polar surface area (TPSA) is 21.6 Å². The number of aliphatic imine (C=N–C) groups is 1. The second-order valence-corrected chi connectivity index (χ2v) is 3.67. The van der Waals surface area contributed by atoms with Crippen molar-refractivity contribution >= 4 is 5.90 Å². The maximum atomic E-state index is 5.58. The Labute approximate surface area is 81.4 Å². The van der Waals surface area contributed by atoms with Crippen LogP contribution in [0.15, 0.2) is 4.99 Å². The van der Waals surface area contributed by atoms with Crippen molar-refractivity contribution in [2.24, 2.45) is 10.9 Å². The lowest BCUT2D eigenvalue weighted by Crippen LogP contribution is -2.22. The fourth-order valence-corrected chi connectivity index (χ4v) is 1.68. The second-order valence-electron chi connectivity index (χ2n) is 3.67. The van der Waals surface area contributed by atoms with Crippen molar-refractivity contribution in [2.75, 3.05) is 13.2 Å². The highest BCUT2D eigenvalue weighted by atomic mass is 16.5. The minimum absolute atomic E-state index is 0.584. The van der Waals surface area contributed by atoms with Crippen LogP contribution in [0.1, 0.15) is 46.0 Å². The molecule has 0 aromatic carbocycles. The van der Waals surface area contributed by atoms with Gasteiger partial charge in [-0.2, -0.15) is 0 Å². The fraction of sp³-hybridized carbons (Fsp3) is 0.909. The van der Waals surface area contributed by atoms with E-state index < -0.39 is 0 Å². The lowest BCUT2D eigenvalue weighted by molar-refractivity contribution is 0.253. The van der Waals surface area contributed by atoms with Gasteiger partial charge in [0.25, 0.3) is 0 Å². The molecule has 0 N–H and O–H groups in total. The zero-order valence-corrected chi connectivity index (χ0v) is 8.88. The summed E-state index contributed by atoms with van der Waals surface area (Å²) >= 11 is 0. The van der Waals surface area contributed by atoms with Crippen molar-refractivity contribution < 1.29 is 4.74 Å². The van der Waals surface area contributed by atoms with Crippen molar-refractivity contribution in [3.63, 3.8) is 0 Å². The molecule has 2 heteroatoms. The summed E-state index contributed by atoms with van der Waals surface area (Å²) in [6, 6.07) is 0. The van der Waals surface area contributed by atoms with Gasteiger partial charge < -0.3 is 4.74 Å². The molecule has 0 amide bonds. The quantitative estimate of drug-likeness (QED) is 0.642. The Morgan fingerprint density at radius 1 is 1.46 bits per heavy atom. The third-order valence-electron chi connectivity index (χ3n) is 2.57. The van der Waals surface area contributed by atoms with Crippen molar-refractivity contribution in [2.45, 2.75) is 46.0 Å². The minimum Gasteiger partial charge on any atom is -0.481 e. The first-order chi connectivity index (χ1) is 6.38. The zero-order chi connectivity index (χ0) is 9.52.